The molecular formula is C13H11ClO2. The third-order valence-corrected chi connectivity index (χ3v) is 1.69. The smallest absolute Gasteiger partial charge is 0.409 e. The molecule has 0 aliphatic carbocycles. The molecule has 0 heterocycles. The maximum absolute atomic E-state index is 10.2. The second-order valence-corrected chi connectivity index (χ2v) is 3.12. The molecule has 0 aromatic heterocycles. The summed E-state index contributed by atoms with van der Waals surface area (Å²) in [6.07, 6.45) is 0. The van der Waals surface area contributed by atoms with Crippen LogP contribution in [0.25, 0.3) is 0 Å². The Bertz CT molecular complexity index is 374. The van der Waals surface area contributed by atoms with Gasteiger partial charge in [-0.25, -0.2) is 4.79 Å². The molecule has 0 fully saturated rings. The summed E-state index contributed by atoms with van der Waals surface area (Å²) >= 11 is 4.95. The van der Waals surface area contributed by atoms with Crippen molar-refractivity contribution in [2.75, 3.05) is 0 Å². The van der Waals surface area contributed by atoms with Crippen LogP contribution in [0.5, 0.6) is 5.75 Å². The van der Waals surface area contributed by atoms with Crippen molar-refractivity contribution in [3.63, 3.8) is 0 Å². The lowest BCUT2D eigenvalue weighted by Gasteiger charge is -1.95. The summed E-state index contributed by atoms with van der Waals surface area (Å²) in [5.41, 5.74) is -0.814. The van der Waals surface area contributed by atoms with Crippen LogP contribution in [0.2, 0.25) is 0 Å². The Morgan fingerprint density at radius 2 is 1.19 bits per heavy atom. The van der Waals surface area contributed by atoms with Crippen LogP contribution >= 0.6 is 11.6 Å². The Kier molecular flexibility index (Phi) is 5.74. The number of ether oxygens (including phenoxy) is 1. The van der Waals surface area contributed by atoms with Crippen LogP contribution in [0.4, 0.5) is 4.79 Å². The third-order valence-electron chi connectivity index (χ3n) is 1.61. The largest absolute Gasteiger partial charge is 0.415 e. The summed E-state index contributed by atoms with van der Waals surface area (Å²) in [6, 6.07) is 20.6. The van der Waals surface area contributed by atoms with Crippen LogP contribution in [0.15, 0.2) is 66.7 Å². The zero-order chi connectivity index (χ0) is 11.6. The fourth-order valence-electron chi connectivity index (χ4n) is 0.966. The van der Waals surface area contributed by atoms with Crippen LogP contribution in [-0.4, -0.2) is 5.43 Å². The summed E-state index contributed by atoms with van der Waals surface area (Å²) in [7, 11) is 0. The molecule has 2 aromatic rings. The molecule has 2 nitrogen and oxygen atoms in total. The third kappa shape index (κ3) is 5.83. The molecule has 0 unspecified atom stereocenters. The molecule has 0 saturated heterocycles. The number of carbonyl (C=O) groups excluding carboxylic acids is 1. The number of benzene rings is 2. The van der Waals surface area contributed by atoms with E-state index in [1.54, 1.807) is 24.3 Å². The zero-order valence-corrected chi connectivity index (χ0v) is 9.30. The summed E-state index contributed by atoms with van der Waals surface area (Å²) in [6.45, 7) is 0. The molecule has 0 saturated carbocycles. The van der Waals surface area contributed by atoms with Gasteiger partial charge in [0.2, 0.25) is 0 Å². The minimum atomic E-state index is -0.814. The van der Waals surface area contributed by atoms with Gasteiger partial charge in [0.05, 0.1) is 0 Å². The molecule has 0 atom stereocenters. The molecule has 16 heavy (non-hydrogen) atoms. The van der Waals surface area contributed by atoms with E-state index in [4.69, 9.17) is 11.6 Å². The second-order valence-electron chi connectivity index (χ2n) is 2.81. The van der Waals surface area contributed by atoms with Gasteiger partial charge in [0.25, 0.3) is 0 Å². The summed E-state index contributed by atoms with van der Waals surface area (Å²) < 4.78 is 4.54. The van der Waals surface area contributed by atoms with Gasteiger partial charge in [-0.3, -0.25) is 0 Å². The van der Waals surface area contributed by atoms with Crippen LogP contribution in [-0.2, 0) is 0 Å². The molecule has 82 valence electrons. The standard InChI is InChI=1S/C7H5ClO2.C6H6/c8-7(9)10-6-4-2-1-3-5-6;1-2-4-6-5-3-1/h1-5H;1-6H. The highest BCUT2D eigenvalue weighted by Crippen LogP contribution is 2.09. The van der Waals surface area contributed by atoms with Gasteiger partial charge in [-0.15, -0.1) is 0 Å². The number of hydrogen-bond acceptors (Lipinski definition) is 2. The van der Waals surface area contributed by atoms with E-state index in [0.29, 0.717) is 5.75 Å². The number of para-hydroxylation sites is 1. The Morgan fingerprint density at radius 1 is 0.812 bits per heavy atom. The molecule has 2 rings (SSSR count). The van der Waals surface area contributed by atoms with Gasteiger partial charge in [0.15, 0.2) is 0 Å². The van der Waals surface area contributed by atoms with Crippen LogP contribution in [0.1, 0.15) is 0 Å². The summed E-state index contributed by atoms with van der Waals surface area (Å²) in [5, 5.41) is 0. The molecule has 0 bridgehead atoms. The van der Waals surface area contributed by atoms with Gasteiger partial charge in [0.1, 0.15) is 5.75 Å². The number of hydrogen-bond donors (Lipinski definition) is 0. The fraction of sp³-hybridized carbons (Fsp3) is 0. The predicted octanol–water partition coefficient (Wildman–Crippen LogP) is 4.11. The SMILES string of the molecule is O=C(Cl)Oc1ccccc1.c1ccccc1. The van der Waals surface area contributed by atoms with Gasteiger partial charge < -0.3 is 4.74 Å². The van der Waals surface area contributed by atoms with Crippen molar-refractivity contribution in [3.8, 4) is 5.75 Å². The molecule has 0 aliphatic rings. The van der Waals surface area contributed by atoms with Gasteiger partial charge >= 0.3 is 5.43 Å². The summed E-state index contributed by atoms with van der Waals surface area (Å²) in [5.74, 6) is 0.461. The van der Waals surface area contributed by atoms with Crippen molar-refractivity contribution >= 4 is 17.0 Å². The minimum absolute atomic E-state index is 0.461. The van der Waals surface area contributed by atoms with Crippen molar-refractivity contribution < 1.29 is 9.53 Å². The highest BCUT2D eigenvalue weighted by Gasteiger charge is 1.95. The average Bonchev–Trinajstić information content (AvgIpc) is 2.32. The van der Waals surface area contributed by atoms with Gasteiger partial charge in [-0.2, -0.15) is 0 Å². The van der Waals surface area contributed by atoms with Crippen molar-refractivity contribution in [2.45, 2.75) is 0 Å². The Labute approximate surface area is 99.4 Å². The van der Waals surface area contributed by atoms with Crippen LogP contribution in [0.3, 0.4) is 0 Å². The number of rotatable bonds is 1. The van der Waals surface area contributed by atoms with Gasteiger partial charge in [0, 0.05) is 11.6 Å². The van der Waals surface area contributed by atoms with E-state index in [0.717, 1.165) is 0 Å². The van der Waals surface area contributed by atoms with Crippen molar-refractivity contribution in [1.82, 2.24) is 0 Å². The van der Waals surface area contributed by atoms with E-state index in [9.17, 15) is 4.79 Å². The van der Waals surface area contributed by atoms with E-state index >= 15 is 0 Å². The topological polar surface area (TPSA) is 26.3 Å². The van der Waals surface area contributed by atoms with Gasteiger partial charge in [-0.05, 0) is 12.1 Å². The van der Waals surface area contributed by atoms with Crippen LogP contribution < -0.4 is 4.74 Å². The van der Waals surface area contributed by atoms with Crippen molar-refractivity contribution in [2.24, 2.45) is 0 Å². The van der Waals surface area contributed by atoms with Crippen LogP contribution in [0, 0.1) is 0 Å². The number of halogens is 1. The highest BCUT2D eigenvalue weighted by atomic mass is 35.5. The quantitative estimate of drug-likeness (QED) is 0.694. The van der Waals surface area contributed by atoms with E-state index in [-0.39, 0.29) is 0 Å². The first-order valence-electron chi connectivity index (χ1n) is 4.71. The lowest BCUT2D eigenvalue weighted by atomic mass is 10.3. The lowest BCUT2D eigenvalue weighted by molar-refractivity contribution is 0.225. The maximum Gasteiger partial charge on any atom is 0.409 e. The first kappa shape index (κ1) is 12.3. The average molecular weight is 235 g/mol. The second kappa shape index (κ2) is 7.49. The molecule has 0 spiro atoms. The van der Waals surface area contributed by atoms with E-state index in [2.05, 4.69) is 4.74 Å². The summed E-state index contributed by atoms with van der Waals surface area (Å²) in [4.78, 5) is 10.2. The number of carbonyl (C=O) groups is 1. The van der Waals surface area contributed by atoms with Crippen molar-refractivity contribution in [3.05, 3.63) is 66.7 Å². The lowest BCUT2D eigenvalue weighted by Crippen LogP contribution is -1.94. The van der Waals surface area contributed by atoms with E-state index < -0.39 is 5.43 Å². The minimum Gasteiger partial charge on any atom is -0.415 e. The molecule has 0 aliphatic heterocycles. The first-order chi connectivity index (χ1) is 7.79. The normalized spacial score (nSPS) is 8.56. The fourth-order valence-corrected chi connectivity index (χ4v) is 1.06. The Hall–Kier alpha value is -1.80. The zero-order valence-electron chi connectivity index (χ0n) is 8.55. The molecule has 2 aromatic carbocycles. The molecule has 3 heteroatoms. The first-order valence-corrected chi connectivity index (χ1v) is 5.09. The Morgan fingerprint density at radius 3 is 1.56 bits per heavy atom. The van der Waals surface area contributed by atoms with Gasteiger partial charge in [-0.1, -0.05) is 54.6 Å². The van der Waals surface area contributed by atoms with E-state index in [1.165, 1.54) is 0 Å². The monoisotopic (exact) mass is 234 g/mol. The highest BCUT2D eigenvalue weighted by molar-refractivity contribution is 6.61. The molecule has 0 amide bonds. The predicted molar refractivity (Wildman–Crippen MR) is 64.8 cm³/mol. The Balaban J connectivity index is 0.000000181. The maximum atomic E-state index is 10.2. The van der Waals surface area contributed by atoms with Crippen molar-refractivity contribution in [1.29, 1.82) is 0 Å². The molecule has 0 N–H and O–H groups in total. The van der Waals surface area contributed by atoms with E-state index in [1.807, 2.05) is 42.5 Å². The molecular weight excluding hydrogens is 224 g/mol. The molecule has 0 radical (unpaired) electrons.